The van der Waals surface area contributed by atoms with Crippen LogP contribution in [-0.4, -0.2) is 18.1 Å². The number of pyridine rings is 1. The normalized spacial score (nSPS) is 19.3. The van der Waals surface area contributed by atoms with Crippen molar-refractivity contribution < 1.29 is 4.39 Å². The average Bonchev–Trinajstić information content (AvgIpc) is 2.49. The van der Waals surface area contributed by atoms with Crippen LogP contribution >= 0.6 is 0 Å². The van der Waals surface area contributed by atoms with Crippen LogP contribution in [0.25, 0.3) is 11.3 Å². The van der Waals surface area contributed by atoms with Gasteiger partial charge in [0, 0.05) is 23.7 Å². The molecule has 0 bridgehead atoms. The van der Waals surface area contributed by atoms with Crippen LogP contribution in [0.15, 0.2) is 42.5 Å². The number of nitrogens with one attached hydrogen (secondary N) is 1. The molecule has 0 spiro atoms. The Morgan fingerprint density at radius 2 is 2.00 bits per heavy atom. The molecular formula is C16H17FN2. The summed E-state index contributed by atoms with van der Waals surface area (Å²) in [5.74, 6) is 0.231. The van der Waals surface area contributed by atoms with E-state index in [9.17, 15) is 4.39 Å². The van der Waals surface area contributed by atoms with Crippen LogP contribution in [0.2, 0.25) is 0 Å². The highest BCUT2D eigenvalue weighted by Gasteiger charge is 2.17. The van der Waals surface area contributed by atoms with Gasteiger partial charge in [-0.3, -0.25) is 4.98 Å². The maximum absolute atomic E-state index is 13.8. The quantitative estimate of drug-likeness (QED) is 0.891. The zero-order valence-corrected chi connectivity index (χ0v) is 10.8. The van der Waals surface area contributed by atoms with Crippen molar-refractivity contribution in [1.82, 2.24) is 10.3 Å². The van der Waals surface area contributed by atoms with Gasteiger partial charge in [-0.25, -0.2) is 4.39 Å². The van der Waals surface area contributed by atoms with E-state index in [0.29, 0.717) is 11.5 Å². The number of piperidine rings is 1. The maximum atomic E-state index is 13.8. The molecule has 1 aromatic carbocycles. The van der Waals surface area contributed by atoms with Crippen molar-refractivity contribution in [3.8, 4) is 11.3 Å². The molecule has 0 aliphatic carbocycles. The third-order valence-electron chi connectivity index (χ3n) is 3.64. The lowest BCUT2D eigenvalue weighted by molar-refractivity contribution is 0.455. The van der Waals surface area contributed by atoms with Crippen molar-refractivity contribution >= 4 is 0 Å². The Labute approximate surface area is 112 Å². The summed E-state index contributed by atoms with van der Waals surface area (Å²) < 4.78 is 13.8. The van der Waals surface area contributed by atoms with E-state index in [-0.39, 0.29) is 5.82 Å². The second-order valence-electron chi connectivity index (χ2n) is 4.97. The summed E-state index contributed by atoms with van der Waals surface area (Å²) in [7, 11) is 0. The van der Waals surface area contributed by atoms with Crippen molar-refractivity contribution in [2.75, 3.05) is 13.1 Å². The Bertz CT molecular complexity index is 562. The van der Waals surface area contributed by atoms with Gasteiger partial charge in [-0.2, -0.15) is 0 Å². The van der Waals surface area contributed by atoms with Crippen LogP contribution in [0, 0.1) is 5.82 Å². The smallest absolute Gasteiger partial charge is 0.132 e. The summed E-state index contributed by atoms with van der Waals surface area (Å²) in [6.07, 6.45) is 2.33. The molecule has 19 heavy (non-hydrogen) atoms. The topological polar surface area (TPSA) is 24.9 Å². The van der Waals surface area contributed by atoms with Crippen LogP contribution in [0.1, 0.15) is 24.5 Å². The summed E-state index contributed by atoms with van der Waals surface area (Å²) in [6.45, 7) is 2.05. The summed E-state index contributed by atoms with van der Waals surface area (Å²) in [4.78, 5) is 4.65. The fraction of sp³-hybridized carbons (Fsp3) is 0.312. The molecule has 0 amide bonds. The number of hydrogen-bond acceptors (Lipinski definition) is 2. The summed E-state index contributed by atoms with van der Waals surface area (Å²) in [5.41, 5.74) is 2.36. The van der Waals surface area contributed by atoms with Crippen molar-refractivity contribution in [3.05, 3.63) is 54.0 Å². The molecule has 2 nitrogen and oxygen atoms in total. The van der Waals surface area contributed by atoms with Crippen molar-refractivity contribution in [1.29, 1.82) is 0 Å². The minimum Gasteiger partial charge on any atom is -0.316 e. The van der Waals surface area contributed by atoms with Crippen LogP contribution in [-0.2, 0) is 0 Å². The van der Waals surface area contributed by atoms with Crippen LogP contribution in [0.5, 0.6) is 0 Å². The Balaban J connectivity index is 1.93. The first kappa shape index (κ1) is 12.3. The van der Waals surface area contributed by atoms with Gasteiger partial charge in [0.15, 0.2) is 0 Å². The monoisotopic (exact) mass is 256 g/mol. The lowest BCUT2D eigenvalue weighted by Gasteiger charge is -2.22. The maximum Gasteiger partial charge on any atom is 0.132 e. The number of rotatable bonds is 2. The first-order chi connectivity index (χ1) is 9.34. The summed E-state index contributed by atoms with van der Waals surface area (Å²) >= 11 is 0. The molecule has 1 aromatic heterocycles. The van der Waals surface area contributed by atoms with E-state index >= 15 is 0 Å². The minimum atomic E-state index is -0.214. The van der Waals surface area contributed by atoms with Crippen LogP contribution < -0.4 is 5.32 Å². The molecule has 1 aliphatic rings. The fourth-order valence-corrected chi connectivity index (χ4v) is 2.60. The van der Waals surface area contributed by atoms with Crippen LogP contribution in [0.3, 0.4) is 0 Å². The van der Waals surface area contributed by atoms with Gasteiger partial charge in [-0.15, -0.1) is 0 Å². The first-order valence-electron chi connectivity index (χ1n) is 6.77. The Hall–Kier alpha value is -1.74. The Kier molecular flexibility index (Phi) is 3.56. The van der Waals surface area contributed by atoms with E-state index in [1.54, 1.807) is 12.1 Å². The summed E-state index contributed by atoms with van der Waals surface area (Å²) in [6, 6.07) is 12.7. The van der Waals surface area contributed by atoms with E-state index in [2.05, 4.69) is 10.3 Å². The number of nitrogens with zero attached hydrogens (tertiary/aromatic N) is 1. The zero-order chi connectivity index (χ0) is 13.1. The van der Waals surface area contributed by atoms with E-state index in [1.807, 2.05) is 24.3 Å². The lowest BCUT2D eigenvalue weighted by Crippen LogP contribution is -2.28. The molecular weight excluding hydrogens is 239 g/mol. The molecule has 0 radical (unpaired) electrons. The minimum absolute atomic E-state index is 0.214. The van der Waals surface area contributed by atoms with E-state index in [4.69, 9.17) is 0 Å². The molecule has 1 N–H and O–H groups in total. The van der Waals surface area contributed by atoms with Gasteiger partial charge in [-0.05, 0) is 43.7 Å². The number of benzene rings is 1. The second kappa shape index (κ2) is 5.49. The SMILES string of the molecule is Fc1ccccc1-c1cccc([C@H]2CCCNC2)n1. The fourth-order valence-electron chi connectivity index (χ4n) is 2.60. The molecule has 2 aromatic rings. The van der Waals surface area contributed by atoms with Gasteiger partial charge in [0.05, 0.1) is 5.69 Å². The molecule has 1 aliphatic heterocycles. The van der Waals surface area contributed by atoms with Crippen molar-refractivity contribution in [2.45, 2.75) is 18.8 Å². The number of aromatic nitrogens is 1. The molecule has 2 heterocycles. The predicted octanol–water partition coefficient (Wildman–Crippen LogP) is 3.35. The molecule has 1 fully saturated rings. The largest absolute Gasteiger partial charge is 0.316 e. The highest BCUT2D eigenvalue weighted by Crippen LogP contribution is 2.25. The van der Waals surface area contributed by atoms with E-state index < -0.39 is 0 Å². The molecule has 1 saturated heterocycles. The predicted molar refractivity (Wildman–Crippen MR) is 74.5 cm³/mol. The molecule has 0 unspecified atom stereocenters. The molecule has 0 saturated carbocycles. The zero-order valence-electron chi connectivity index (χ0n) is 10.8. The van der Waals surface area contributed by atoms with Gasteiger partial charge in [0.25, 0.3) is 0 Å². The highest BCUT2D eigenvalue weighted by molar-refractivity contribution is 5.59. The molecule has 98 valence electrons. The highest BCUT2D eigenvalue weighted by atomic mass is 19.1. The van der Waals surface area contributed by atoms with Gasteiger partial charge in [0.1, 0.15) is 5.82 Å². The van der Waals surface area contributed by atoms with Gasteiger partial charge in [-0.1, -0.05) is 18.2 Å². The first-order valence-corrected chi connectivity index (χ1v) is 6.77. The van der Waals surface area contributed by atoms with E-state index in [1.165, 1.54) is 12.5 Å². The number of halogens is 1. The van der Waals surface area contributed by atoms with Gasteiger partial charge < -0.3 is 5.32 Å². The van der Waals surface area contributed by atoms with Crippen molar-refractivity contribution in [2.24, 2.45) is 0 Å². The molecule has 3 heteroatoms. The lowest BCUT2D eigenvalue weighted by atomic mass is 9.95. The Morgan fingerprint density at radius 3 is 2.79 bits per heavy atom. The third-order valence-corrected chi connectivity index (χ3v) is 3.64. The van der Waals surface area contributed by atoms with Crippen molar-refractivity contribution in [3.63, 3.8) is 0 Å². The Morgan fingerprint density at radius 1 is 1.11 bits per heavy atom. The molecule has 1 atom stereocenters. The third kappa shape index (κ3) is 2.66. The average molecular weight is 256 g/mol. The van der Waals surface area contributed by atoms with Gasteiger partial charge >= 0.3 is 0 Å². The number of hydrogen-bond donors (Lipinski definition) is 1. The second-order valence-corrected chi connectivity index (χ2v) is 4.97. The standard InChI is InChI=1S/C16H17FN2/c17-14-7-2-1-6-13(14)16-9-3-8-15(19-16)12-5-4-10-18-11-12/h1-3,6-9,12,18H,4-5,10-11H2/t12-/m0/s1. The van der Waals surface area contributed by atoms with E-state index in [0.717, 1.165) is 30.9 Å². The molecule has 3 rings (SSSR count). The van der Waals surface area contributed by atoms with Crippen LogP contribution in [0.4, 0.5) is 4.39 Å². The summed E-state index contributed by atoms with van der Waals surface area (Å²) in [5, 5.41) is 3.39. The van der Waals surface area contributed by atoms with Gasteiger partial charge in [0.2, 0.25) is 0 Å².